The molecule has 3 rings (SSSR count). The van der Waals surface area contributed by atoms with Crippen LogP contribution in [0, 0.1) is 6.92 Å². The van der Waals surface area contributed by atoms with Crippen LogP contribution in [0.1, 0.15) is 17.0 Å². The monoisotopic (exact) mass is 340 g/mol. The van der Waals surface area contributed by atoms with Gasteiger partial charge in [0.1, 0.15) is 5.75 Å². The van der Waals surface area contributed by atoms with Crippen LogP contribution in [-0.2, 0) is 11.2 Å². The average molecular weight is 340 g/mol. The van der Waals surface area contributed by atoms with Crippen LogP contribution in [-0.4, -0.2) is 22.7 Å². The molecule has 1 N–H and O–H groups in total. The first-order valence-electron chi connectivity index (χ1n) is 7.50. The number of hydrogen-bond acceptors (Lipinski definition) is 5. The van der Waals surface area contributed by atoms with Gasteiger partial charge in [0.05, 0.1) is 11.5 Å². The number of pyridine rings is 1. The fraction of sp³-hybridized carbons (Fsp3) is 0.167. The van der Waals surface area contributed by atoms with Crippen molar-refractivity contribution in [2.45, 2.75) is 13.3 Å². The highest BCUT2D eigenvalue weighted by Gasteiger charge is 2.24. The Labute approximate surface area is 144 Å². The van der Waals surface area contributed by atoms with Gasteiger partial charge in [-0.25, -0.2) is 0 Å². The van der Waals surface area contributed by atoms with E-state index in [9.17, 15) is 9.59 Å². The van der Waals surface area contributed by atoms with Gasteiger partial charge in [-0.2, -0.15) is 0 Å². The van der Waals surface area contributed by atoms with Crippen molar-refractivity contribution >= 4 is 29.0 Å². The van der Waals surface area contributed by atoms with Crippen LogP contribution in [0.5, 0.6) is 5.75 Å². The highest BCUT2D eigenvalue weighted by atomic mass is 32.2. The van der Waals surface area contributed by atoms with Gasteiger partial charge in [0.25, 0.3) is 11.1 Å². The van der Waals surface area contributed by atoms with Crippen LogP contribution in [0.2, 0.25) is 0 Å². The van der Waals surface area contributed by atoms with E-state index in [2.05, 4.69) is 10.3 Å². The molecule has 6 heteroatoms. The smallest absolute Gasteiger partial charge is 0.290 e. The summed E-state index contributed by atoms with van der Waals surface area (Å²) in [5.41, 5.74) is 2.84. The average Bonchev–Trinajstić information content (AvgIpc) is 2.87. The summed E-state index contributed by atoms with van der Waals surface area (Å²) in [5.74, 6) is 0.403. The van der Waals surface area contributed by atoms with Crippen molar-refractivity contribution in [2.75, 3.05) is 6.61 Å². The molecule has 1 fully saturated rings. The van der Waals surface area contributed by atoms with Crippen LogP contribution in [0.3, 0.4) is 0 Å². The first-order valence-corrected chi connectivity index (χ1v) is 8.32. The molecule has 1 saturated heterocycles. The molecule has 0 spiro atoms. The summed E-state index contributed by atoms with van der Waals surface area (Å²) >= 11 is 0.909. The minimum absolute atomic E-state index is 0.337. The van der Waals surface area contributed by atoms with Gasteiger partial charge in [-0.3, -0.25) is 19.9 Å². The van der Waals surface area contributed by atoms with Crippen LogP contribution in [0.15, 0.2) is 47.4 Å². The predicted molar refractivity (Wildman–Crippen MR) is 93.7 cm³/mol. The number of aryl methyl sites for hydroxylation is 1. The van der Waals surface area contributed by atoms with Gasteiger partial charge in [-0.15, -0.1) is 0 Å². The molecule has 1 aromatic heterocycles. The van der Waals surface area contributed by atoms with Gasteiger partial charge in [-0.05, 0) is 54.6 Å². The second-order valence-corrected chi connectivity index (χ2v) is 6.30. The topological polar surface area (TPSA) is 68.3 Å². The summed E-state index contributed by atoms with van der Waals surface area (Å²) in [7, 11) is 0. The van der Waals surface area contributed by atoms with E-state index in [0.717, 1.165) is 40.9 Å². The zero-order valence-corrected chi connectivity index (χ0v) is 13.9. The lowest BCUT2D eigenvalue weighted by atomic mass is 10.2. The Balaban J connectivity index is 1.56. The number of ether oxygens (including phenoxy) is 1. The molecular formula is C18H16N2O3S. The standard InChI is InChI=1S/C18H16N2O3S/c1-12-3-2-4-14(19-12)9-10-23-15-7-5-13(6-8-15)11-16-17(21)20-18(22)24-16/h2-8,11H,9-10H2,1H3,(H,20,21,22)/b16-11-. The number of nitrogens with zero attached hydrogens (tertiary/aromatic N) is 1. The van der Waals surface area contributed by atoms with Crippen LogP contribution in [0.25, 0.3) is 6.08 Å². The number of nitrogens with one attached hydrogen (secondary N) is 1. The number of hydrogen-bond donors (Lipinski definition) is 1. The van der Waals surface area contributed by atoms with E-state index in [-0.39, 0.29) is 11.1 Å². The lowest BCUT2D eigenvalue weighted by Gasteiger charge is -2.06. The van der Waals surface area contributed by atoms with Gasteiger partial charge in [-0.1, -0.05) is 18.2 Å². The van der Waals surface area contributed by atoms with Crippen molar-refractivity contribution in [3.05, 3.63) is 64.3 Å². The second kappa shape index (κ2) is 7.31. The zero-order chi connectivity index (χ0) is 16.9. The van der Waals surface area contributed by atoms with Crippen molar-refractivity contribution in [2.24, 2.45) is 0 Å². The lowest BCUT2D eigenvalue weighted by Crippen LogP contribution is -2.17. The molecule has 0 unspecified atom stereocenters. The summed E-state index contributed by atoms with van der Waals surface area (Å²) in [5, 5.41) is 1.90. The van der Waals surface area contributed by atoms with Crippen molar-refractivity contribution in [1.82, 2.24) is 10.3 Å². The number of thioether (sulfide) groups is 1. The normalized spacial score (nSPS) is 15.6. The molecule has 0 saturated carbocycles. The number of amides is 2. The quantitative estimate of drug-likeness (QED) is 0.846. The van der Waals surface area contributed by atoms with E-state index in [1.807, 2.05) is 49.4 Å². The predicted octanol–water partition coefficient (Wildman–Crippen LogP) is 3.34. The second-order valence-electron chi connectivity index (χ2n) is 5.29. The number of aromatic nitrogens is 1. The Morgan fingerprint density at radius 2 is 1.96 bits per heavy atom. The third kappa shape index (κ3) is 4.23. The van der Waals surface area contributed by atoms with E-state index >= 15 is 0 Å². The molecule has 1 aliphatic heterocycles. The fourth-order valence-electron chi connectivity index (χ4n) is 2.24. The van der Waals surface area contributed by atoms with Gasteiger partial charge in [0.2, 0.25) is 0 Å². The highest BCUT2D eigenvalue weighted by molar-refractivity contribution is 8.18. The van der Waals surface area contributed by atoms with Crippen molar-refractivity contribution in [3.8, 4) is 5.75 Å². The molecule has 5 nitrogen and oxygen atoms in total. The SMILES string of the molecule is Cc1cccc(CCOc2ccc(/C=C3\SC(=O)NC3=O)cc2)n1. The maximum Gasteiger partial charge on any atom is 0.290 e. The lowest BCUT2D eigenvalue weighted by molar-refractivity contribution is -0.115. The van der Waals surface area contributed by atoms with Gasteiger partial charge >= 0.3 is 0 Å². The van der Waals surface area contributed by atoms with E-state index < -0.39 is 0 Å². The van der Waals surface area contributed by atoms with Gasteiger partial charge in [0.15, 0.2) is 0 Å². The molecule has 1 aromatic carbocycles. The fourth-order valence-corrected chi connectivity index (χ4v) is 2.93. The molecule has 0 aliphatic carbocycles. The largest absolute Gasteiger partial charge is 0.493 e. The minimum Gasteiger partial charge on any atom is -0.493 e. The van der Waals surface area contributed by atoms with Crippen LogP contribution in [0.4, 0.5) is 4.79 Å². The number of benzene rings is 1. The molecule has 24 heavy (non-hydrogen) atoms. The van der Waals surface area contributed by atoms with Gasteiger partial charge < -0.3 is 4.74 Å². The molecule has 1 aliphatic rings. The first kappa shape index (κ1) is 16.3. The van der Waals surface area contributed by atoms with Crippen LogP contribution >= 0.6 is 11.8 Å². The molecule has 0 atom stereocenters. The maximum atomic E-state index is 11.5. The first-order chi connectivity index (χ1) is 11.6. The summed E-state index contributed by atoms with van der Waals surface area (Å²) in [6.07, 6.45) is 2.43. The Bertz CT molecular complexity index is 800. The Kier molecular flexibility index (Phi) is 4.96. The molecule has 0 radical (unpaired) electrons. The van der Waals surface area contributed by atoms with Crippen LogP contribution < -0.4 is 10.1 Å². The summed E-state index contributed by atoms with van der Waals surface area (Å²) in [4.78, 5) is 27.5. The summed E-state index contributed by atoms with van der Waals surface area (Å²) in [6, 6.07) is 13.3. The highest BCUT2D eigenvalue weighted by Crippen LogP contribution is 2.26. The number of imide groups is 1. The number of carbonyl (C=O) groups excluding carboxylic acids is 2. The summed E-state index contributed by atoms with van der Waals surface area (Å²) in [6.45, 7) is 2.51. The number of rotatable bonds is 5. The van der Waals surface area contributed by atoms with E-state index in [1.54, 1.807) is 6.08 Å². The molecule has 2 heterocycles. The third-order valence-corrected chi connectivity index (χ3v) is 4.20. The Hall–Kier alpha value is -2.60. The molecular weight excluding hydrogens is 324 g/mol. The molecule has 122 valence electrons. The summed E-state index contributed by atoms with van der Waals surface area (Å²) < 4.78 is 5.71. The zero-order valence-electron chi connectivity index (χ0n) is 13.1. The van der Waals surface area contributed by atoms with Crippen molar-refractivity contribution in [3.63, 3.8) is 0 Å². The van der Waals surface area contributed by atoms with Gasteiger partial charge in [0, 0.05) is 17.8 Å². The van der Waals surface area contributed by atoms with E-state index in [4.69, 9.17) is 4.74 Å². The van der Waals surface area contributed by atoms with E-state index in [0.29, 0.717) is 11.5 Å². The molecule has 2 amide bonds. The Morgan fingerprint density at radius 1 is 1.17 bits per heavy atom. The molecule has 0 bridgehead atoms. The molecule has 2 aromatic rings. The van der Waals surface area contributed by atoms with Crippen molar-refractivity contribution < 1.29 is 14.3 Å². The van der Waals surface area contributed by atoms with Crippen molar-refractivity contribution in [1.29, 1.82) is 0 Å². The van der Waals surface area contributed by atoms with E-state index in [1.165, 1.54) is 0 Å². The third-order valence-electron chi connectivity index (χ3n) is 3.39. The number of carbonyl (C=O) groups is 2. The Morgan fingerprint density at radius 3 is 2.62 bits per heavy atom. The minimum atomic E-state index is -0.351. The maximum absolute atomic E-state index is 11.5.